The fourth-order valence-electron chi connectivity index (χ4n) is 6.63. The third-order valence-electron chi connectivity index (χ3n) is 10.4. The van der Waals surface area contributed by atoms with Crippen LogP contribution in [0.3, 0.4) is 0 Å². The number of rotatable bonds is 34. The number of allylic oxidation sites excluding steroid dienone is 16. The molecule has 0 bridgehead atoms. The highest BCUT2D eigenvalue weighted by atomic mass is 31.2. The second kappa shape index (κ2) is 36.5. The summed E-state index contributed by atoms with van der Waals surface area (Å²) in [5.74, 6) is 0. The van der Waals surface area contributed by atoms with Gasteiger partial charge in [-0.25, -0.2) is 0 Å². The van der Waals surface area contributed by atoms with Crippen molar-refractivity contribution in [2.24, 2.45) is 0 Å². The van der Waals surface area contributed by atoms with E-state index in [2.05, 4.69) is 91.8 Å². The third-order valence-corrected chi connectivity index (χ3v) is 20.2. The Hall–Kier alpha value is -1.48. The lowest BCUT2D eigenvalue weighted by Gasteiger charge is -2.30. The van der Waals surface area contributed by atoms with Crippen LogP contribution in [0.25, 0.3) is 0 Å². The standard InChI is InChI=1S/C29H54O6P2.C21H38O6P2/c1-10-32-36(30,33-11-2)29(37(31,34-12-3)35-13-4)24-23-28(9)22-16-21-27(8)20-15-19-26(7)18-14-17-25(5)6;1-17(2)9-6-10-18(3)11-7-12-19(4)13-8-14-20(5)15-16-21(28(22,23)24)29(25,26)27/h17,19,21,23,29H,10-16,18,20,22,24H2,1-9H3;9,11,13,15,21H,6-8,10,12,14,16H2,1-5H3,(H2,22,23,24)(H2,25,26,27)/b26-19+,27-21+,28-23+;18-11+,19-13+,20-15+. The van der Waals surface area contributed by atoms with E-state index in [1.807, 2.05) is 13.0 Å². The molecule has 0 heterocycles. The van der Waals surface area contributed by atoms with Crippen molar-refractivity contribution in [2.75, 3.05) is 26.4 Å². The van der Waals surface area contributed by atoms with Crippen LogP contribution in [0.4, 0.5) is 0 Å². The van der Waals surface area contributed by atoms with E-state index in [4.69, 9.17) is 37.7 Å². The fraction of sp³-hybridized carbons (Fsp3) is 0.680. The van der Waals surface area contributed by atoms with E-state index in [1.54, 1.807) is 34.6 Å². The molecule has 0 aromatic carbocycles. The molecule has 0 atom stereocenters. The van der Waals surface area contributed by atoms with Crippen LogP contribution in [-0.4, -0.2) is 56.8 Å². The molecule has 0 unspecified atom stereocenters. The first-order valence-corrected chi connectivity index (χ1v) is 30.4. The molecule has 0 aliphatic carbocycles. The summed E-state index contributed by atoms with van der Waals surface area (Å²) >= 11 is 0. The zero-order valence-corrected chi connectivity index (χ0v) is 46.9. The lowest BCUT2D eigenvalue weighted by atomic mass is 10.0. The summed E-state index contributed by atoms with van der Waals surface area (Å²) in [6.45, 7) is 28.7. The normalized spacial score (nSPS) is 14.2. The second-order valence-electron chi connectivity index (χ2n) is 17.5. The van der Waals surface area contributed by atoms with Crippen molar-refractivity contribution < 1.29 is 55.9 Å². The molecule has 0 aliphatic heterocycles. The minimum atomic E-state index is -4.86. The van der Waals surface area contributed by atoms with Crippen LogP contribution >= 0.6 is 30.4 Å². The van der Waals surface area contributed by atoms with Gasteiger partial charge >= 0.3 is 30.4 Å². The largest absolute Gasteiger partial charge is 0.346 e. The molecular formula is C50H92O12P4. The molecule has 0 saturated carbocycles. The van der Waals surface area contributed by atoms with Gasteiger partial charge in [-0.1, -0.05) is 93.2 Å². The Bertz CT molecular complexity index is 1760. The van der Waals surface area contributed by atoms with Crippen molar-refractivity contribution in [3.63, 3.8) is 0 Å². The first-order chi connectivity index (χ1) is 30.7. The molecule has 0 spiro atoms. The molecule has 0 aliphatic rings. The van der Waals surface area contributed by atoms with Gasteiger partial charge < -0.3 is 37.7 Å². The Balaban J connectivity index is 0. The average molecular weight is 1010 g/mol. The summed E-state index contributed by atoms with van der Waals surface area (Å²) < 4.78 is 72.1. The summed E-state index contributed by atoms with van der Waals surface area (Å²) in [6, 6.07) is 0. The van der Waals surface area contributed by atoms with Crippen molar-refractivity contribution in [1.29, 1.82) is 0 Å². The molecule has 66 heavy (non-hydrogen) atoms. The molecule has 0 radical (unpaired) electrons. The zero-order chi connectivity index (χ0) is 51.0. The first-order valence-electron chi connectivity index (χ1n) is 23.8. The Morgan fingerprint density at radius 3 is 0.788 bits per heavy atom. The highest BCUT2D eigenvalue weighted by molar-refractivity contribution is 7.72. The zero-order valence-electron chi connectivity index (χ0n) is 43.3. The average Bonchev–Trinajstić information content (AvgIpc) is 3.17. The molecule has 0 fully saturated rings. The molecule has 12 nitrogen and oxygen atoms in total. The monoisotopic (exact) mass is 1010 g/mol. The highest BCUT2D eigenvalue weighted by Crippen LogP contribution is 2.71. The van der Waals surface area contributed by atoms with Crippen molar-refractivity contribution in [3.05, 3.63) is 93.2 Å². The lowest BCUT2D eigenvalue weighted by molar-refractivity contribution is 0.195. The minimum absolute atomic E-state index is 0.184. The molecule has 384 valence electrons. The van der Waals surface area contributed by atoms with E-state index in [1.165, 1.54) is 39.5 Å². The third kappa shape index (κ3) is 33.1. The molecule has 0 aromatic rings. The summed E-state index contributed by atoms with van der Waals surface area (Å²) in [5, 5.41) is -2.97. The van der Waals surface area contributed by atoms with Gasteiger partial charge in [0.2, 0.25) is 0 Å². The van der Waals surface area contributed by atoms with Gasteiger partial charge in [0.25, 0.3) is 0 Å². The Morgan fingerprint density at radius 2 is 0.576 bits per heavy atom. The fourth-order valence-corrected chi connectivity index (χ4v) is 14.1. The summed E-state index contributed by atoms with van der Waals surface area (Å²) in [7, 11) is -17.2. The van der Waals surface area contributed by atoms with E-state index in [-0.39, 0.29) is 39.3 Å². The Kier molecular flexibility index (Phi) is 36.8. The smallest absolute Gasteiger partial charge is 0.324 e. The molecular weight excluding hydrogens is 916 g/mol. The Labute approximate surface area is 402 Å². The first kappa shape index (κ1) is 66.6. The van der Waals surface area contributed by atoms with Crippen LogP contribution in [0.1, 0.15) is 187 Å². The predicted octanol–water partition coefficient (Wildman–Crippen LogP) is 16.6. The van der Waals surface area contributed by atoms with Gasteiger partial charge in [0.1, 0.15) is 0 Å². The van der Waals surface area contributed by atoms with Crippen LogP contribution in [0, 0.1) is 0 Å². The predicted molar refractivity (Wildman–Crippen MR) is 279 cm³/mol. The van der Waals surface area contributed by atoms with Crippen molar-refractivity contribution in [2.45, 2.75) is 198 Å². The second-order valence-corrected chi connectivity index (χ2v) is 26.3. The SMILES string of the molecule is CC(C)=CCC/C(C)=C/CC/C(C)=C/CC/C(C)=C/CC(P(=O)(O)O)P(=O)(O)O.CCOP(=O)(OCC)C(C/C=C(\C)CC/C=C(\C)CC/C=C(\C)CCC=C(C)C)P(=O)(OCC)OCC. The van der Waals surface area contributed by atoms with Crippen LogP contribution in [0.5, 0.6) is 0 Å². The maximum Gasteiger partial charge on any atom is 0.346 e. The van der Waals surface area contributed by atoms with Gasteiger partial charge in [-0.05, 0) is 187 Å². The maximum absolute atomic E-state index is 13.6. The molecule has 0 rings (SSSR count). The Morgan fingerprint density at radius 1 is 0.364 bits per heavy atom. The van der Waals surface area contributed by atoms with E-state index in [0.29, 0.717) is 6.42 Å². The molecule has 0 saturated heterocycles. The molecule has 4 N–H and O–H groups in total. The van der Waals surface area contributed by atoms with Crippen LogP contribution in [-0.2, 0) is 36.4 Å². The van der Waals surface area contributed by atoms with E-state index >= 15 is 0 Å². The van der Waals surface area contributed by atoms with Gasteiger partial charge in [-0.2, -0.15) is 0 Å². The van der Waals surface area contributed by atoms with E-state index in [9.17, 15) is 18.3 Å². The minimum Gasteiger partial charge on any atom is -0.324 e. The van der Waals surface area contributed by atoms with Gasteiger partial charge in [-0.15, -0.1) is 0 Å². The molecule has 16 heteroatoms. The van der Waals surface area contributed by atoms with Gasteiger partial charge in [0.05, 0.1) is 26.4 Å². The van der Waals surface area contributed by atoms with Crippen LogP contribution < -0.4 is 0 Å². The molecule has 0 aromatic heterocycles. The van der Waals surface area contributed by atoms with Gasteiger partial charge in [0, 0.05) is 0 Å². The summed E-state index contributed by atoms with van der Waals surface area (Å²) in [5.41, 5.74) is 10.2. The van der Waals surface area contributed by atoms with Crippen molar-refractivity contribution >= 4 is 30.4 Å². The van der Waals surface area contributed by atoms with Gasteiger partial charge in [-0.3, -0.25) is 18.3 Å². The maximum atomic E-state index is 13.6. The highest BCUT2D eigenvalue weighted by Gasteiger charge is 2.50. The number of hydrogen-bond acceptors (Lipinski definition) is 8. The lowest BCUT2D eigenvalue weighted by Crippen LogP contribution is -2.17. The van der Waals surface area contributed by atoms with Crippen molar-refractivity contribution in [1.82, 2.24) is 0 Å². The topological polar surface area (TPSA) is 186 Å². The van der Waals surface area contributed by atoms with Crippen LogP contribution in [0.2, 0.25) is 0 Å². The number of hydrogen-bond donors (Lipinski definition) is 4. The summed E-state index contributed by atoms with van der Waals surface area (Å²) in [4.78, 5) is 36.6. The van der Waals surface area contributed by atoms with E-state index < -0.39 is 41.2 Å². The summed E-state index contributed by atoms with van der Waals surface area (Å²) in [6.07, 6.45) is 28.8. The van der Waals surface area contributed by atoms with E-state index in [0.717, 1.165) is 81.8 Å². The van der Waals surface area contributed by atoms with Gasteiger partial charge in [0.15, 0.2) is 10.8 Å². The van der Waals surface area contributed by atoms with Crippen LogP contribution in [0.15, 0.2) is 93.2 Å². The molecule has 0 amide bonds. The van der Waals surface area contributed by atoms with Crippen molar-refractivity contribution in [3.8, 4) is 0 Å². The quantitative estimate of drug-likeness (QED) is 0.0354.